The number of phenols is 7. The number of aryl methyl sites for hydroxylation is 4. The molecule has 7 aliphatic heterocycles. The lowest BCUT2D eigenvalue weighted by molar-refractivity contribution is 0.0829. The Balaban J connectivity index is 0.000000132. The predicted octanol–water partition coefficient (Wildman–Crippen LogP) is 24.2. The van der Waals surface area contributed by atoms with Crippen molar-refractivity contribution in [2.45, 2.75) is 259 Å². The molecule has 0 saturated carbocycles. The molecule has 11 aromatic rings. The van der Waals surface area contributed by atoms with Crippen LogP contribution in [0.2, 0.25) is 0 Å². The van der Waals surface area contributed by atoms with Crippen molar-refractivity contribution in [2.75, 3.05) is 6.26 Å². The van der Waals surface area contributed by atoms with Gasteiger partial charge < -0.3 is 73.9 Å². The van der Waals surface area contributed by atoms with Crippen LogP contribution >= 0.6 is 0 Å². The molecule has 0 amide bonds. The van der Waals surface area contributed by atoms with Gasteiger partial charge in [-0.25, -0.2) is 12.8 Å². The number of halogens is 1. The molecule has 0 bridgehead atoms. The molecule has 0 radical (unpaired) electrons. The van der Waals surface area contributed by atoms with E-state index in [2.05, 4.69) is 105 Å². The molecule has 0 saturated heterocycles. The number of sulfone groups is 1. The number of fused-ring (bicyclic) bond motifs is 7. The van der Waals surface area contributed by atoms with Gasteiger partial charge in [0.15, 0.2) is 9.84 Å². The summed E-state index contributed by atoms with van der Waals surface area (Å²) < 4.78 is 77.8. The highest BCUT2D eigenvalue weighted by atomic mass is 32.2. The minimum Gasteiger partial charge on any atom is -0.508 e. The Bertz CT molecular complexity index is 5690. The zero-order valence-electron chi connectivity index (χ0n) is 74.7. The zero-order valence-corrected chi connectivity index (χ0v) is 75.6. The first-order valence-corrected chi connectivity index (χ1v) is 44.4. The second kappa shape index (κ2) is 35.8. The van der Waals surface area contributed by atoms with E-state index >= 15 is 0 Å². The monoisotopic (exact) mass is 1690 g/mol. The first kappa shape index (κ1) is 90.8. The van der Waals surface area contributed by atoms with Gasteiger partial charge in [0.05, 0.1) is 4.90 Å². The highest BCUT2D eigenvalue weighted by Crippen LogP contribution is 2.48. The first-order valence-electron chi connectivity index (χ1n) is 42.5. The normalized spacial score (nSPS) is 17.2. The maximum atomic E-state index is 13.6. The highest BCUT2D eigenvalue weighted by molar-refractivity contribution is 7.90. The van der Waals surface area contributed by atoms with Crippen LogP contribution in [0.25, 0.3) is 44.5 Å². The van der Waals surface area contributed by atoms with E-state index in [-0.39, 0.29) is 61.4 Å². The minimum absolute atomic E-state index is 0.00146. The maximum absolute atomic E-state index is 13.6. The molecule has 7 aliphatic rings. The van der Waals surface area contributed by atoms with Crippen molar-refractivity contribution >= 4 is 9.84 Å². The average Bonchev–Trinajstić information content (AvgIpc) is 1.60. The lowest BCUT2D eigenvalue weighted by atomic mass is 9.91. The SMILES string of the molecule is CC1(C)CCc2c(O)cc(-c3cc[nH]c3)cc2O1.CC1(C)CCc2c(O)cc(-c3ccccc3)cc2O1.CC1(C)CCc2c(O)cc(S(C)(=O)=O)cc2O1.Cc1cc(F)cc(-c2cc(O)c3c(c2)OC(C)(C)CC3)c1.Cc1cc(O)c2c(c1)OC(C)(C)CC2.Cc1cc(O)c2c(c1)OC(C)(C)CC2.Cc1ccc(-c2cc(O)c3c(c2)OC(C)(C)CC3)cc1. The standard InChI is InChI=1S/C18H19FO2.C18H20O2.C17H18O2.C15H17NO2.C12H16O4S.2C12H16O2/c1-11-6-12(8-14(19)7-11)13-9-16(20)15-4-5-18(2,3)21-17(15)10-13;1-12-4-6-13(7-5-12)14-10-16(19)15-8-9-18(2,3)20-17(15)11-14;1-17(2)9-8-14-15(18)10-13(11-16(14)19-17)12-6-4-3-5-7-12;1-15(2)5-3-12-13(17)7-11(8-14(12)18-15)10-4-6-16-9-10;1-12(2)5-4-9-10(13)6-8(17(3,14)15)7-11(9)16-12;2*1-8-6-10(13)9-4-5-12(2,3)14-11(9)7-8/h6-10,20H,4-5H2,1-3H3;4-7,10-11,19H,8-9H2,1-3H3;3-7,10-11,18H,8-9H2,1-2H3;4,6-9,16-17H,3,5H2,1-2H3;6-7,13H,4-5H2,1-3H3;2*6-7,13H,4-5H2,1-3H3. The average molecular weight is 1690 g/mol. The van der Waals surface area contributed by atoms with Crippen LogP contribution in [0.15, 0.2) is 181 Å². The number of phenolic OH excluding ortho intramolecular Hbond substituents is 7. The molecule has 0 spiro atoms. The zero-order chi connectivity index (χ0) is 89.3. The van der Waals surface area contributed by atoms with Crippen LogP contribution in [0, 0.1) is 33.5 Å². The molecule has 652 valence electrons. The second-order valence-corrected chi connectivity index (χ2v) is 40.0. The van der Waals surface area contributed by atoms with Gasteiger partial charge in [-0.3, -0.25) is 0 Å². The van der Waals surface area contributed by atoms with E-state index in [1.165, 1.54) is 29.8 Å². The molecular formula is C104H122FNO16S. The molecule has 123 heavy (non-hydrogen) atoms. The second-order valence-electron chi connectivity index (χ2n) is 38.0. The molecule has 8 heterocycles. The molecule has 0 fully saturated rings. The number of hydrogen-bond acceptors (Lipinski definition) is 16. The lowest BCUT2D eigenvalue weighted by Crippen LogP contribution is -2.32. The number of benzene rings is 10. The van der Waals surface area contributed by atoms with Crippen molar-refractivity contribution in [1.82, 2.24) is 4.98 Å². The van der Waals surface area contributed by atoms with Gasteiger partial charge in [0.25, 0.3) is 0 Å². The van der Waals surface area contributed by atoms with Crippen LogP contribution in [0.5, 0.6) is 80.5 Å². The van der Waals surface area contributed by atoms with Gasteiger partial charge >= 0.3 is 0 Å². The summed E-state index contributed by atoms with van der Waals surface area (Å²) in [7, 11) is -3.34. The fraction of sp³-hybridized carbons (Fsp3) is 0.385. The van der Waals surface area contributed by atoms with Crippen molar-refractivity contribution in [2.24, 2.45) is 0 Å². The predicted molar refractivity (Wildman–Crippen MR) is 486 cm³/mol. The molecule has 17 nitrogen and oxygen atoms in total. The fourth-order valence-electron chi connectivity index (χ4n) is 16.1. The molecule has 18 rings (SSSR count). The Kier molecular flexibility index (Phi) is 26.4. The number of aromatic hydroxyl groups is 7. The van der Waals surface area contributed by atoms with Crippen molar-refractivity contribution in [3.8, 4) is 125 Å². The third kappa shape index (κ3) is 23.3. The fourth-order valence-corrected chi connectivity index (χ4v) is 16.8. The third-order valence-corrected chi connectivity index (χ3v) is 24.4. The van der Waals surface area contributed by atoms with Crippen molar-refractivity contribution in [3.05, 3.63) is 243 Å². The molecule has 0 aliphatic carbocycles. The molecule has 0 atom stereocenters. The summed E-state index contributed by atoms with van der Waals surface area (Å²) in [6.45, 7) is 36.6. The Morgan fingerprint density at radius 1 is 0.285 bits per heavy atom. The van der Waals surface area contributed by atoms with E-state index in [1.54, 1.807) is 18.2 Å². The number of nitrogens with one attached hydrogen (secondary N) is 1. The van der Waals surface area contributed by atoms with Crippen LogP contribution in [0.3, 0.4) is 0 Å². The topological polar surface area (TPSA) is 256 Å². The number of aromatic amines is 1. The van der Waals surface area contributed by atoms with Crippen molar-refractivity contribution in [3.63, 3.8) is 0 Å². The number of hydrogen-bond donors (Lipinski definition) is 8. The molecule has 0 unspecified atom stereocenters. The van der Waals surface area contributed by atoms with E-state index in [1.807, 2.05) is 158 Å². The van der Waals surface area contributed by atoms with Gasteiger partial charge in [0.1, 0.15) is 126 Å². The van der Waals surface area contributed by atoms with E-state index < -0.39 is 9.84 Å². The first-order chi connectivity index (χ1) is 57.5. The Hall–Kier alpha value is -11.4. The molecule has 1 aromatic heterocycles. The Morgan fingerprint density at radius 3 is 0.862 bits per heavy atom. The van der Waals surface area contributed by atoms with Gasteiger partial charge in [-0.2, -0.15) is 0 Å². The van der Waals surface area contributed by atoms with Crippen molar-refractivity contribution in [1.29, 1.82) is 0 Å². The Morgan fingerprint density at radius 2 is 0.553 bits per heavy atom. The van der Waals surface area contributed by atoms with E-state index in [0.717, 1.165) is 213 Å². The minimum atomic E-state index is -3.34. The van der Waals surface area contributed by atoms with Crippen LogP contribution in [-0.2, 0) is 54.8 Å². The van der Waals surface area contributed by atoms with Crippen LogP contribution in [-0.4, -0.2) is 94.6 Å². The van der Waals surface area contributed by atoms with Gasteiger partial charge in [0, 0.05) is 57.6 Å². The molecular weight excluding hydrogens is 1570 g/mol. The summed E-state index contributed by atoms with van der Waals surface area (Å²) in [5.41, 5.74) is 16.9. The van der Waals surface area contributed by atoms with Gasteiger partial charge in [-0.05, 0) is 379 Å². The van der Waals surface area contributed by atoms with Crippen LogP contribution in [0.1, 0.15) is 203 Å². The van der Waals surface area contributed by atoms with Gasteiger partial charge in [-0.1, -0.05) is 66.2 Å². The Labute approximate surface area is 725 Å². The van der Waals surface area contributed by atoms with E-state index in [4.69, 9.17) is 33.2 Å². The summed E-state index contributed by atoms with van der Waals surface area (Å²) in [5.74, 6) is 7.00. The van der Waals surface area contributed by atoms with E-state index in [9.17, 15) is 48.6 Å². The van der Waals surface area contributed by atoms with Gasteiger partial charge in [-0.15, -0.1) is 0 Å². The quantitative estimate of drug-likeness (QED) is 0.0797. The number of rotatable bonds is 5. The van der Waals surface area contributed by atoms with Crippen molar-refractivity contribution < 1.29 is 81.7 Å². The van der Waals surface area contributed by atoms with E-state index in [0.29, 0.717) is 52.2 Å². The molecule has 19 heteroatoms. The summed E-state index contributed by atoms with van der Waals surface area (Å²) in [5, 5.41) is 70.1. The summed E-state index contributed by atoms with van der Waals surface area (Å²) in [6.07, 6.45) is 17.1. The van der Waals surface area contributed by atoms with Crippen LogP contribution < -0.4 is 33.2 Å². The maximum Gasteiger partial charge on any atom is 0.175 e. The number of H-pyrrole nitrogens is 1. The third-order valence-electron chi connectivity index (χ3n) is 23.3. The summed E-state index contributed by atoms with van der Waals surface area (Å²) >= 11 is 0. The van der Waals surface area contributed by atoms with Crippen LogP contribution in [0.4, 0.5) is 4.39 Å². The molecule has 8 N–H and O–H groups in total. The summed E-state index contributed by atoms with van der Waals surface area (Å²) in [4.78, 5) is 3.11. The van der Waals surface area contributed by atoms with Gasteiger partial charge in [0.2, 0.25) is 0 Å². The summed E-state index contributed by atoms with van der Waals surface area (Å²) in [6, 6.07) is 50.7. The largest absolute Gasteiger partial charge is 0.508 e. The highest BCUT2D eigenvalue weighted by Gasteiger charge is 2.36. The number of ether oxygens (including phenoxy) is 7. The molecule has 10 aromatic carbocycles. The smallest absolute Gasteiger partial charge is 0.175 e. The lowest BCUT2D eigenvalue weighted by Gasteiger charge is -2.33. The number of aromatic nitrogens is 1.